The largest absolute Gasteiger partial charge is 0.381 e. The summed E-state index contributed by atoms with van der Waals surface area (Å²) >= 11 is 0. The van der Waals surface area contributed by atoms with Gasteiger partial charge in [0.1, 0.15) is 6.10 Å². The molecule has 2 aliphatic rings. The third kappa shape index (κ3) is 1.35. The van der Waals surface area contributed by atoms with Crippen molar-refractivity contribution >= 4 is 0 Å². The average molecular weight is 166 g/mol. The molecule has 2 fully saturated rings. The molecule has 0 aromatic rings. The molecule has 1 aliphatic heterocycles. The lowest BCUT2D eigenvalue weighted by molar-refractivity contribution is 0.252. The van der Waals surface area contributed by atoms with Gasteiger partial charge in [-0.05, 0) is 26.2 Å². The normalized spacial score (nSPS) is 40.7. The van der Waals surface area contributed by atoms with Gasteiger partial charge in [-0.1, -0.05) is 18.3 Å². The second-order valence-electron chi connectivity index (χ2n) is 3.69. The summed E-state index contributed by atoms with van der Waals surface area (Å²) in [5.74, 6) is 5.83. The molecule has 0 aromatic carbocycles. The first kappa shape index (κ1) is 8.10. The Morgan fingerprint density at radius 1 is 1.58 bits per heavy atom. The fourth-order valence-corrected chi connectivity index (χ4v) is 1.85. The minimum atomic E-state index is -0.522. The molecule has 66 valence electrons. The number of aliphatic hydroxyl groups excluding tert-OH is 1. The highest BCUT2D eigenvalue weighted by atomic mass is 16.6. The zero-order valence-corrected chi connectivity index (χ0v) is 7.34. The highest BCUT2D eigenvalue weighted by molar-refractivity contribution is 5.27. The van der Waals surface area contributed by atoms with Gasteiger partial charge in [-0.15, -0.1) is 0 Å². The number of hydrogen-bond donors (Lipinski definition) is 1. The zero-order valence-electron chi connectivity index (χ0n) is 7.34. The summed E-state index contributed by atoms with van der Waals surface area (Å²) in [5, 5.41) is 8.99. The molecule has 1 heterocycles. The van der Waals surface area contributed by atoms with Crippen LogP contribution >= 0.6 is 0 Å². The second kappa shape index (κ2) is 2.76. The van der Waals surface area contributed by atoms with Crippen molar-refractivity contribution in [3.8, 4) is 11.8 Å². The SMILES string of the molecule is CC(O)C#CC12CCCCC1O2. The van der Waals surface area contributed by atoms with E-state index in [-0.39, 0.29) is 5.60 Å². The number of fused-ring (bicyclic) bond motifs is 1. The molecule has 0 spiro atoms. The third-order valence-corrected chi connectivity index (χ3v) is 2.57. The Bertz CT molecular complexity index is 236. The molecular weight excluding hydrogens is 152 g/mol. The van der Waals surface area contributed by atoms with Crippen LogP contribution in [0.3, 0.4) is 0 Å². The highest BCUT2D eigenvalue weighted by Gasteiger charge is 2.56. The number of epoxide rings is 1. The van der Waals surface area contributed by atoms with Crippen LogP contribution in [0.1, 0.15) is 32.6 Å². The number of ether oxygens (including phenoxy) is 1. The van der Waals surface area contributed by atoms with Gasteiger partial charge in [0.25, 0.3) is 0 Å². The van der Waals surface area contributed by atoms with Gasteiger partial charge >= 0.3 is 0 Å². The van der Waals surface area contributed by atoms with Gasteiger partial charge in [0.2, 0.25) is 0 Å². The maximum atomic E-state index is 8.99. The van der Waals surface area contributed by atoms with E-state index in [4.69, 9.17) is 9.84 Å². The van der Waals surface area contributed by atoms with Crippen molar-refractivity contribution in [2.45, 2.75) is 50.4 Å². The number of aliphatic hydroxyl groups is 1. The van der Waals surface area contributed by atoms with Crippen LogP contribution in [0.15, 0.2) is 0 Å². The topological polar surface area (TPSA) is 32.8 Å². The van der Waals surface area contributed by atoms with E-state index >= 15 is 0 Å². The minimum Gasteiger partial charge on any atom is -0.381 e. The molecular formula is C10H14O2. The quantitative estimate of drug-likeness (QED) is 0.431. The summed E-state index contributed by atoms with van der Waals surface area (Å²) in [7, 11) is 0. The summed E-state index contributed by atoms with van der Waals surface area (Å²) in [5.41, 5.74) is -0.144. The van der Waals surface area contributed by atoms with Crippen molar-refractivity contribution in [2.75, 3.05) is 0 Å². The third-order valence-electron chi connectivity index (χ3n) is 2.57. The standard InChI is InChI=1S/C10H14O2/c1-8(11)5-7-10-6-3-2-4-9(10)12-10/h8-9,11H,2-4,6H2,1H3. The molecule has 2 nitrogen and oxygen atoms in total. The zero-order chi connectivity index (χ0) is 8.60. The first-order chi connectivity index (χ1) is 5.73. The lowest BCUT2D eigenvalue weighted by atomic mass is 9.89. The molecule has 0 bridgehead atoms. The van der Waals surface area contributed by atoms with E-state index in [1.807, 2.05) is 0 Å². The first-order valence-corrected chi connectivity index (χ1v) is 4.61. The van der Waals surface area contributed by atoms with Crippen LogP contribution in [-0.2, 0) is 4.74 Å². The second-order valence-corrected chi connectivity index (χ2v) is 3.69. The predicted octanol–water partition coefficient (Wildman–Crippen LogP) is 1.08. The predicted molar refractivity (Wildman–Crippen MR) is 45.5 cm³/mol. The Morgan fingerprint density at radius 2 is 2.42 bits per heavy atom. The minimum absolute atomic E-state index is 0.144. The van der Waals surface area contributed by atoms with E-state index in [1.54, 1.807) is 6.92 Å². The van der Waals surface area contributed by atoms with Crippen molar-refractivity contribution < 1.29 is 9.84 Å². The van der Waals surface area contributed by atoms with Gasteiger partial charge < -0.3 is 9.84 Å². The Labute approximate surface area is 72.9 Å². The smallest absolute Gasteiger partial charge is 0.155 e. The van der Waals surface area contributed by atoms with E-state index in [0.29, 0.717) is 6.10 Å². The Kier molecular flexibility index (Phi) is 1.86. The van der Waals surface area contributed by atoms with E-state index in [9.17, 15) is 0 Å². The van der Waals surface area contributed by atoms with E-state index < -0.39 is 6.10 Å². The fourth-order valence-electron chi connectivity index (χ4n) is 1.85. The Balaban J connectivity index is 2.01. The van der Waals surface area contributed by atoms with Gasteiger partial charge in [0.15, 0.2) is 5.60 Å². The molecule has 1 N–H and O–H groups in total. The summed E-state index contributed by atoms with van der Waals surface area (Å²) in [6.45, 7) is 1.68. The molecule has 2 heteroatoms. The Morgan fingerprint density at radius 3 is 3.08 bits per heavy atom. The maximum absolute atomic E-state index is 8.99. The Hall–Kier alpha value is -0.520. The van der Waals surface area contributed by atoms with Crippen molar-refractivity contribution in [1.82, 2.24) is 0 Å². The van der Waals surface area contributed by atoms with Crippen LogP contribution in [0, 0.1) is 11.8 Å². The van der Waals surface area contributed by atoms with Gasteiger partial charge in [0.05, 0.1) is 6.10 Å². The fraction of sp³-hybridized carbons (Fsp3) is 0.800. The summed E-state index contributed by atoms with van der Waals surface area (Å²) in [6, 6.07) is 0. The maximum Gasteiger partial charge on any atom is 0.155 e. The van der Waals surface area contributed by atoms with Crippen LogP contribution in [0.2, 0.25) is 0 Å². The van der Waals surface area contributed by atoms with Gasteiger partial charge in [-0.3, -0.25) is 0 Å². The lowest BCUT2D eigenvalue weighted by Crippen LogP contribution is -2.17. The monoisotopic (exact) mass is 166 g/mol. The lowest BCUT2D eigenvalue weighted by Gasteiger charge is -2.10. The molecule has 3 atom stereocenters. The summed E-state index contributed by atoms with van der Waals surface area (Å²) in [6.07, 6.45) is 4.53. The van der Waals surface area contributed by atoms with Crippen LogP contribution < -0.4 is 0 Å². The van der Waals surface area contributed by atoms with E-state index in [2.05, 4.69) is 11.8 Å². The molecule has 3 unspecified atom stereocenters. The molecule has 12 heavy (non-hydrogen) atoms. The van der Waals surface area contributed by atoms with E-state index in [0.717, 1.165) is 12.8 Å². The van der Waals surface area contributed by atoms with Gasteiger partial charge in [0, 0.05) is 0 Å². The number of rotatable bonds is 0. The summed E-state index contributed by atoms with van der Waals surface area (Å²) < 4.78 is 5.53. The van der Waals surface area contributed by atoms with Gasteiger partial charge in [-0.2, -0.15) is 0 Å². The number of hydrogen-bond acceptors (Lipinski definition) is 2. The van der Waals surface area contributed by atoms with Crippen LogP contribution in [-0.4, -0.2) is 22.9 Å². The molecule has 1 saturated heterocycles. The van der Waals surface area contributed by atoms with Crippen molar-refractivity contribution in [3.63, 3.8) is 0 Å². The molecule has 0 amide bonds. The first-order valence-electron chi connectivity index (χ1n) is 4.61. The van der Waals surface area contributed by atoms with E-state index in [1.165, 1.54) is 12.8 Å². The molecule has 1 aliphatic carbocycles. The van der Waals surface area contributed by atoms with Gasteiger partial charge in [-0.25, -0.2) is 0 Å². The highest BCUT2D eigenvalue weighted by Crippen LogP contribution is 2.47. The van der Waals surface area contributed by atoms with Crippen molar-refractivity contribution in [2.24, 2.45) is 0 Å². The van der Waals surface area contributed by atoms with Crippen LogP contribution in [0.25, 0.3) is 0 Å². The molecule has 0 aromatic heterocycles. The average Bonchev–Trinajstić information content (AvgIpc) is 2.75. The molecule has 0 radical (unpaired) electrons. The van der Waals surface area contributed by atoms with Crippen LogP contribution in [0.4, 0.5) is 0 Å². The summed E-state index contributed by atoms with van der Waals surface area (Å²) in [4.78, 5) is 0. The molecule has 1 saturated carbocycles. The molecule has 2 rings (SSSR count). The van der Waals surface area contributed by atoms with Crippen molar-refractivity contribution in [1.29, 1.82) is 0 Å². The van der Waals surface area contributed by atoms with Crippen LogP contribution in [0.5, 0.6) is 0 Å². The van der Waals surface area contributed by atoms with Crippen molar-refractivity contribution in [3.05, 3.63) is 0 Å².